The second kappa shape index (κ2) is 8.02. The Morgan fingerprint density at radius 1 is 1.38 bits per heavy atom. The maximum Gasteiger partial charge on any atom is 0.120 e. The number of piperidine rings is 1. The molecule has 4 nitrogen and oxygen atoms in total. The molecule has 1 aliphatic rings. The number of benzene rings is 1. The summed E-state index contributed by atoms with van der Waals surface area (Å²) in [4.78, 5) is 4.86. The molecule has 0 aliphatic carbocycles. The average molecular weight is 287 g/mol. The monoisotopic (exact) mass is 287 g/mol. The zero-order chi connectivity index (χ0) is 15.1. The van der Waals surface area contributed by atoms with Gasteiger partial charge in [-0.25, -0.2) is 0 Å². The van der Waals surface area contributed by atoms with Crippen molar-refractivity contribution >= 4 is 0 Å². The van der Waals surface area contributed by atoms with E-state index in [2.05, 4.69) is 30.0 Å². The summed E-state index contributed by atoms with van der Waals surface area (Å²) in [5, 5.41) is 8.85. The number of nitriles is 1. The summed E-state index contributed by atoms with van der Waals surface area (Å²) in [6.45, 7) is 4.16. The van der Waals surface area contributed by atoms with E-state index in [4.69, 9.17) is 10.00 Å². The fourth-order valence-corrected chi connectivity index (χ4v) is 2.78. The van der Waals surface area contributed by atoms with Crippen LogP contribution in [0.2, 0.25) is 0 Å². The summed E-state index contributed by atoms with van der Waals surface area (Å²) in [6, 6.07) is 10.2. The third-order valence-corrected chi connectivity index (χ3v) is 4.20. The van der Waals surface area contributed by atoms with Crippen LogP contribution in [0, 0.1) is 11.3 Å². The van der Waals surface area contributed by atoms with Gasteiger partial charge in [-0.05, 0) is 64.6 Å². The maximum atomic E-state index is 8.85. The molecule has 21 heavy (non-hydrogen) atoms. The van der Waals surface area contributed by atoms with Crippen LogP contribution in [0.4, 0.5) is 0 Å². The standard InChI is InChI=1S/C17H25N3O/c1-19-10-7-16(8-11-19)20(2)9-4-12-21-17-6-3-5-15(13-17)14-18/h3,5-6,13,16H,4,7-12H2,1-2H3. The van der Waals surface area contributed by atoms with E-state index in [0.29, 0.717) is 18.2 Å². The molecule has 0 unspecified atom stereocenters. The van der Waals surface area contributed by atoms with E-state index in [1.165, 1.54) is 25.9 Å². The van der Waals surface area contributed by atoms with Gasteiger partial charge in [0, 0.05) is 12.6 Å². The van der Waals surface area contributed by atoms with Crippen molar-refractivity contribution in [3.8, 4) is 11.8 Å². The third kappa shape index (κ3) is 5.04. The molecule has 0 spiro atoms. The van der Waals surface area contributed by atoms with Crippen molar-refractivity contribution in [2.24, 2.45) is 0 Å². The Morgan fingerprint density at radius 2 is 2.14 bits per heavy atom. The summed E-state index contributed by atoms with van der Waals surface area (Å²) in [6.07, 6.45) is 3.54. The Kier molecular flexibility index (Phi) is 6.04. The molecule has 1 fully saturated rings. The highest BCUT2D eigenvalue weighted by Gasteiger charge is 2.19. The summed E-state index contributed by atoms with van der Waals surface area (Å²) < 4.78 is 5.72. The smallest absolute Gasteiger partial charge is 0.120 e. The van der Waals surface area contributed by atoms with Crippen LogP contribution in [0.3, 0.4) is 0 Å². The molecule has 0 radical (unpaired) electrons. The van der Waals surface area contributed by atoms with E-state index in [9.17, 15) is 0 Å². The second-order valence-corrected chi connectivity index (χ2v) is 5.86. The van der Waals surface area contributed by atoms with Crippen LogP contribution in [0.25, 0.3) is 0 Å². The van der Waals surface area contributed by atoms with Gasteiger partial charge in [0.15, 0.2) is 0 Å². The molecule has 0 atom stereocenters. The van der Waals surface area contributed by atoms with Crippen molar-refractivity contribution in [1.82, 2.24) is 9.80 Å². The summed E-state index contributed by atoms with van der Waals surface area (Å²) in [5.74, 6) is 0.788. The van der Waals surface area contributed by atoms with Gasteiger partial charge >= 0.3 is 0 Å². The molecule has 1 saturated heterocycles. The highest BCUT2D eigenvalue weighted by molar-refractivity contribution is 5.36. The highest BCUT2D eigenvalue weighted by Crippen LogP contribution is 2.15. The van der Waals surface area contributed by atoms with E-state index in [1.807, 2.05) is 12.1 Å². The number of likely N-dealkylation sites (tertiary alicyclic amines) is 1. The first-order valence-corrected chi connectivity index (χ1v) is 7.71. The summed E-state index contributed by atoms with van der Waals surface area (Å²) in [7, 11) is 4.41. The highest BCUT2D eigenvalue weighted by atomic mass is 16.5. The van der Waals surface area contributed by atoms with Crippen molar-refractivity contribution in [3.63, 3.8) is 0 Å². The van der Waals surface area contributed by atoms with Gasteiger partial charge in [-0.2, -0.15) is 5.26 Å². The minimum Gasteiger partial charge on any atom is -0.494 e. The number of nitrogens with zero attached hydrogens (tertiary/aromatic N) is 3. The van der Waals surface area contributed by atoms with Crippen LogP contribution in [0.1, 0.15) is 24.8 Å². The van der Waals surface area contributed by atoms with Gasteiger partial charge < -0.3 is 14.5 Å². The van der Waals surface area contributed by atoms with Gasteiger partial charge in [0.1, 0.15) is 5.75 Å². The molecule has 0 amide bonds. The lowest BCUT2D eigenvalue weighted by Gasteiger charge is -2.35. The van der Waals surface area contributed by atoms with Crippen LogP contribution >= 0.6 is 0 Å². The molecular formula is C17H25N3O. The van der Waals surface area contributed by atoms with Gasteiger partial charge in [-0.3, -0.25) is 0 Å². The molecule has 1 aliphatic heterocycles. The Bertz CT molecular complexity index is 475. The van der Waals surface area contributed by atoms with Crippen LogP contribution in [-0.2, 0) is 0 Å². The molecule has 114 valence electrons. The largest absolute Gasteiger partial charge is 0.494 e. The minimum atomic E-state index is 0.649. The first-order valence-electron chi connectivity index (χ1n) is 7.71. The molecule has 2 rings (SSSR count). The third-order valence-electron chi connectivity index (χ3n) is 4.20. The molecule has 0 bridgehead atoms. The van der Waals surface area contributed by atoms with Crippen LogP contribution in [0.5, 0.6) is 5.75 Å². The van der Waals surface area contributed by atoms with Gasteiger partial charge in [0.25, 0.3) is 0 Å². The molecule has 4 heteroatoms. The average Bonchev–Trinajstić information content (AvgIpc) is 2.52. The fraction of sp³-hybridized carbons (Fsp3) is 0.588. The summed E-state index contributed by atoms with van der Waals surface area (Å²) in [5.41, 5.74) is 0.649. The Balaban J connectivity index is 1.66. The van der Waals surface area contributed by atoms with Gasteiger partial charge in [0.05, 0.1) is 18.2 Å². The first-order chi connectivity index (χ1) is 10.2. The zero-order valence-corrected chi connectivity index (χ0v) is 13.1. The van der Waals surface area contributed by atoms with Crippen molar-refractivity contribution < 1.29 is 4.74 Å². The predicted molar refractivity (Wildman–Crippen MR) is 84.4 cm³/mol. The molecular weight excluding hydrogens is 262 g/mol. The minimum absolute atomic E-state index is 0.649. The van der Waals surface area contributed by atoms with Crippen molar-refractivity contribution in [3.05, 3.63) is 29.8 Å². The molecule has 1 aromatic rings. The topological polar surface area (TPSA) is 39.5 Å². The van der Waals surface area contributed by atoms with Crippen molar-refractivity contribution in [1.29, 1.82) is 5.26 Å². The van der Waals surface area contributed by atoms with Crippen LogP contribution in [0.15, 0.2) is 24.3 Å². The lowest BCUT2D eigenvalue weighted by atomic mass is 10.0. The second-order valence-electron chi connectivity index (χ2n) is 5.86. The van der Waals surface area contributed by atoms with Gasteiger partial charge in [0.2, 0.25) is 0 Å². The Hall–Kier alpha value is -1.57. The Labute approximate surface area is 127 Å². The van der Waals surface area contributed by atoms with Gasteiger partial charge in [-0.15, -0.1) is 0 Å². The number of rotatable bonds is 6. The maximum absolute atomic E-state index is 8.85. The van der Waals surface area contributed by atoms with E-state index in [0.717, 1.165) is 18.7 Å². The quantitative estimate of drug-likeness (QED) is 0.753. The lowest BCUT2D eigenvalue weighted by Crippen LogP contribution is -2.42. The number of hydrogen-bond donors (Lipinski definition) is 0. The summed E-state index contributed by atoms with van der Waals surface area (Å²) >= 11 is 0. The molecule has 1 heterocycles. The zero-order valence-electron chi connectivity index (χ0n) is 13.1. The Morgan fingerprint density at radius 3 is 2.86 bits per heavy atom. The SMILES string of the molecule is CN1CCC(N(C)CCCOc2cccc(C#N)c2)CC1. The van der Waals surface area contributed by atoms with Crippen molar-refractivity contribution in [2.75, 3.05) is 40.3 Å². The van der Waals surface area contributed by atoms with E-state index < -0.39 is 0 Å². The van der Waals surface area contributed by atoms with E-state index >= 15 is 0 Å². The number of ether oxygens (including phenoxy) is 1. The van der Waals surface area contributed by atoms with Crippen LogP contribution < -0.4 is 4.74 Å². The first kappa shape index (κ1) is 15.8. The van der Waals surface area contributed by atoms with Crippen LogP contribution in [-0.4, -0.2) is 56.2 Å². The lowest BCUT2D eigenvalue weighted by molar-refractivity contribution is 0.137. The molecule has 0 N–H and O–H groups in total. The number of hydrogen-bond acceptors (Lipinski definition) is 4. The predicted octanol–water partition coefficient (Wildman–Crippen LogP) is 2.35. The normalized spacial score (nSPS) is 16.9. The van der Waals surface area contributed by atoms with Crippen molar-refractivity contribution in [2.45, 2.75) is 25.3 Å². The molecule has 1 aromatic carbocycles. The van der Waals surface area contributed by atoms with Gasteiger partial charge in [-0.1, -0.05) is 6.07 Å². The van der Waals surface area contributed by atoms with E-state index in [-0.39, 0.29) is 0 Å². The molecule has 0 saturated carbocycles. The molecule has 0 aromatic heterocycles. The fourth-order valence-electron chi connectivity index (χ4n) is 2.78. The van der Waals surface area contributed by atoms with E-state index in [1.54, 1.807) is 12.1 Å².